The van der Waals surface area contributed by atoms with Gasteiger partial charge in [0.2, 0.25) is 0 Å². The zero-order chi connectivity index (χ0) is 13.2. The summed E-state index contributed by atoms with van der Waals surface area (Å²) in [5, 5.41) is 9.98. The SMILES string of the molecule is CCOC(=O)[C@]1(c2ccccc2)COC(=O)[C@@H]1O. The highest BCUT2D eigenvalue weighted by molar-refractivity contribution is 5.94. The van der Waals surface area contributed by atoms with Gasteiger partial charge in [-0.15, -0.1) is 0 Å². The third-order valence-electron chi connectivity index (χ3n) is 3.06. The molecule has 18 heavy (non-hydrogen) atoms. The number of aliphatic hydroxyl groups excluding tert-OH is 1. The predicted octanol–water partition coefficient (Wildman–Crippen LogP) is 0.405. The third-order valence-corrected chi connectivity index (χ3v) is 3.06. The minimum absolute atomic E-state index is 0.175. The van der Waals surface area contributed by atoms with Gasteiger partial charge in [-0.3, -0.25) is 4.79 Å². The molecule has 0 aliphatic carbocycles. The molecule has 1 saturated heterocycles. The number of cyclic esters (lactones) is 1. The molecule has 1 aliphatic heterocycles. The first-order chi connectivity index (χ1) is 8.63. The second-order valence-electron chi connectivity index (χ2n) is 4.07. The summed E-state index contributed by atoms with van der Waals surface area (Å²) >= 11 is 0. The Balaban J connectivity index is 2.48. The molecule has 0 bridgehead atoms. The Morgan fingerprint density at radius 2 is 2.17 bits per heavy atom. The molecule has 1 fully saturated rings. The quantitative estimate of drug-likeness (QED) is 0.786. The van der Waals surface area contributed by atoms with E-state index in [9.17, 15) is 14.7 Å². The highest BCUT2D eigenvalue weighted by Gasteiger charge is 2.57. The Morgan fingerprint density at radius 3 is 2.67 bits per heavy atom. The van der Waals surface area contributed by atoms with Crippen molar-refractivity contribution in [2.45, 2.75) is 18.4 Å². The number of hydrogen-bond donors (Lipinski definition) is 1. The zero-order valence-corrected chi connectivity index (χ0v) is 9.96. The molecule has 0 saturated carbocycles. The molecule has 0 aromatic heterocycles. The van der Waals surface area contributed by atoms with Crippen LogP contribution in [0.25, 0.3) is 0 Å². The fraction of sp³-hybridized carbons (Fsp3) is 0.385. The molecule has 2 rings (SSSR count). The van der Waals surface area contributed by atoms with E-state index in [1.807, 2.05) is 0 Å². The normalized spacial score (nSPS) is 26.8. The molecule has 5 heteroatoms. The topological polar surface area (TPSA) is 72.8 Å². The monoisotopic (exact) mass is 250 g/mol. The van der Waals surface area contributed by atoms with Crippen LogP contribution in [0.15, 0.2) is 30.3 Å². The van der Waals surface area contributed by atoms with E-state index in [0.29, 0.717) is 5.56 Å². The number of carbonyl (C=O) groups excluding carboxylic acids is 2. The molecule has 96 valence electrons. The molecule has 1 aromatic carbocycles. The molecule has 0 amide bonds. The van der Waals surface area contributed by atoms with E-state index in [0.717, 1.165) is 0 Å². The van der Waals surface area contributed by atoms with Crippen molar-refractivity contribution in [2.24, 2.45) is 0 Å². The van der Waals surface area contributed by atoms with Crippen LogP contribution in [0.5, 0.6) is 0 Å². The van der Waals surface area contributed by atoms with Crippen molar-refractivity contribution in [2.75, 3.05) is 13.2 Å². The Hall–Kier alpha value is -1.88. The standard InChI is InChI=1S/C13H14O5/c1-2-17-12(16)13(8-18-11(15)10(13)14)9-6-4-3-5-7-9/h3-7,10,14H,2,8H2,1H3/t10-,13-/m0/s1. The van der Waals surface area contributed by atoms with Gasteiger partial charge >= 0.3 is 11.9 Å². The fourth-order valence-electron chi connectivity index (χ4n) is 2.07. The molecule has 0 unspecified atom stereocenters. The number of esters is 2. The number of carbonyl (C=O) groups is 2. The van der Waals surface area contributed by atoms with Gasteiger partial charge in [0.05, 0.1) is 6.61 Å². The van der Waals surface area contributed by atoms with Crippen molar-refractivity contribution < 1.29 is 24.2 Å². The second-order valence-corrected chi connectivity index (χ2v) is 4.07. The zero-order valence-electron chi connectivity index (χ0n) is 9.96. The molecular weight excluding hydrogens is 236 g/mol. The van der Waals surface area contributed by atoms with Crippen LogP contribution in [0.2, 0.25) is 0 Å². The van der Waals surface area contributed by atoms with Gasteiger partial charge in [0.25, 0.3) is 0 Å². The summed E-state index contributed by atoms with van der Waals surface area (Å²) in [5.74, 6) is -1.44. The van der Waals surface area contributed by atoms with Crippen LogP contribution >= 0.6 is 0 Å². The van der Waals surface area contributed by atoms with E-state index in [2.05, 4.69) is 0 Å². The molecule has 1 aromatic rings. The maximum atomic E-state index is 12.1. The third kappa shape index (κ3) is 1.76. The van der Waals surface area contributed by atoms with Crippen molar-refractivity contribution >= 4 is 11.9 Å². The lowest BCUT2D eigenvalue weighted by Gasteiger charge is -2.26. The summed E-state index contributed by atoms with van der Waals surface area (Å²) in [7, 11) is 0. The molecular formula is C13H14O5. The highest BCUT2D eigenvalue weighted by atomic mass is 16.6. The van der Waals surface area contributed by atoms with Crippen molar-refractivity contribution in [3.63, 3.8) is 0 Å². The van der Waals surface area contributed by atoms with E-state index in [1.54, 1.807) is 37.3 Å². The predicted molar refractivity (Wildman–Crippen MR) is 61.7 cm³/mol. The first kappa shape index (κ1) is 12.6. The van der Waals surface area contributed by atoms with Gasteiger partial charge in [-0.1, -0.05) is 30.3 Å². The van der Waals surface area contributed by atoms with Crippen molar-refractivity contribution in [1.82, 2.24) is 0 Å². The van der Waals surface area contributed by atoms with Crippen molar-refractivity contribution in [3.05, 3.63) is 35.9 Å². The molecule has 0 radical (unpaired) electrons. The smallest absolute Gasteiger partial charge is 0.336 e. The fourth-order valence-corrected chi connectivity index (χ4v) is 2.07. The lowest BCUT2D eigenvalue weighted by atomic mass is 9.77. The van der Waals surface area contributed by atoms with Crippen LogP contribution in [0.3, 0.4) is 0 Å². The maximum Gasteiger partial charge on any atom is 0.336 e. The molecule has 2 atom stereocenters. The summed E-state index contributed by atoms with van der Waals surface area (Å²) < 4.78 is 9.78. The van der Waals surface area contributed by atoms with Crippen LogP contribution in [-0.4, -0.2) is 36.4 Å². The van der Waals surface area contributed by atoms with Crippen LogP contribution in [0, 0.1) is 0 Å². The first-order valence-corrected chi connectivity index (χ1v) is 5.70. The van der Waals surface area contributed by atoms with E-state index in [4.69, 9.17) is 9.47 Å². The van der Waals surface area contributed by atoms with E-state index in [-0.39, 0.29) is 13.2 Å². The molecule has 1 heterocycles. The summed E-state index contributed by atoms with van der Waals surface area (Å²) in [6.07, 6.45) is -1.53. The van der Waals surface area contributed by atoms with Crippen LogP contribution in [0.4, 0.5) is 0 Å². The van der Waals surface area contributed by atoms with E-state index in [1.165, 1.54) is 0 Å². The van der Waals surface area contributed by atoms with E-state index < -0.39 is 23.5 Å². The number of hydrogen-bond acceptors (Lipinski definition) is 5. The molecule has 1 N–H and O–H groups in total. The highest BCUT2D eigenvalue weighted by Crippen LogP contribution is 2.35. The number of aliphatic hydroxyl groups is 1. The molecule has 0 spiro atoms. The first-order valence-electron chi connectivity index (χ1n) is 5.70. The van der Waals surface area contributed by atoms with Crippen LogP contribution in [-0.2, 0) is 24.5 Å². The van der Waals surface area contributed by atoms with Crippen LogP contribution in [0.1, 0.15) is 12.5 Å². The largest absolute Gasteiger partial charge is 0.465 e. The van der Waals surface area contributed by atoms with Crippen LogP contribution < -0.4 is 0 Å². The number of ether oxygens (including phenoxy) is 2. The lowest BCUT2D eigenvalue weighted by Crippen LogP contribution is -2.48. The van der Waals surface area contributed by atoms with Gasteiger partial charge in [-0.05, 0) is 12.5 Å². The summed E-state index contributed by atoms with van der Waals surface area (Å²) in [6, 6.07) is 8.58. The van der Waals surface area contributed by atoms with Gasteiger partial charge in [0.15, 0.2) is 11.5 Å². The molecule has 5 nitrogen and oxygen atoms in total. The number of rotatable bonds is 3. The minimum Gasteiger partial charge on any atom is -0.465 e. The minimum atomic E-state index is -1.53. The Morgan fingerprint density at radius 1 is 1.50 bits per heavy atom. The van der Waals surface area contributed by atoms with Crippen molar-refractivity contribution in [3.8, 4) is 0 Å². The Bertz CT molecular complexity index is 456. The summed E-state index contributed by atoms with van der Waals surface area (Å²) in [6.45, 7) is 1.64. The van der Waals surface area contributed by atoms with Gasteiger partial charge < -0.3 is 14.6 Å². The van der Waals surface area contributed by atoms with E-state index >= 15 is 0 Å². The van der Waals surface area contributed by atoms with Gasteiger partial charge in [-0.2, -0.15) is 0 Å². The Labute approximate surface area is 104 Å². The van der Waals surface area contributed by atoms with Gasteiger partial charge in [-0.25, -0.2) is 4.79 Å². The van der Waals surface area contributed by atoms with Gasteiger partial charge in [0.1, 0.15) is 6.61 Å². The maximum absolute atomic E-state index is 12.1. The number of benzene rings is 1. The summed E-state index contributed by atoms with van der Waals surface area (Å²) in [5.41, 5.74) is -0.934. The Kier molecular flexibility index (Phi) is 3.34. The molecule has 1 aliphatic rings. The van der Waals surface area contributed by atoms with Crippen molar-refractivity contribution in [1.29, 1.82) is 0 Å². The lowest BCUT2D eigenvalue weighted by molar-refractivity contribution is -0.155. The average molecular weight is 250 g/mol. The summed E-state index contributed by atoms with van der Waals surface area (Å²) in [4.78, 5) is 23.5. The average Bonchev–Trinajstić information content (AvgIpc) is 2.69. The van der Waals surface area contributed by atoms with Gasteiger partial charge in [0, 0.05) is 0 Å². The second kappa shape index (κ2) is 4.78.